The van der Waals surface area contributed by atoms with E-state index in [-0.39, 0.29) is 29.5 Å². The Kier molecular flexibility index (Phi) is 10.1. The van der Waals surface area contributed by atoms with Gasteiger partial charge in [-0.25, -0.2) is 0 Å². The van der Waals surface area contributed by atoms with Gasteiger partial charge in [0.2, 0.25) is 0 Å². The van der Waals surface area contributed by atoms with Crippen molar-refractivity contribution in [1.29, 1.82) is 0 Å². The number of nitrogens with zero attached hydrogens (tertiary/aromatic N) is 2. The number of halogens is 1. The quantitative estimate of drug-likeness (QED) is 0.380. The second-order valence-corrected chi connectivity index (χ2v) is 6.18. The van der Waals surface area contributed by atoms with Crippen LogP contribution in [-0.2, 0) is 6.54 Å². The molecule has 24 heavy (non-hydrogen) atoms. The highest BCUT2D eigenvalue weighted by atomic mass is 127. The molecule has 6 nitrogen and oxygen atoms in total. The Morgan fingerprint density at radius 2 is 1.75 bits per heavy atom. The summed E-state index contributed by atoms with van der Waals surface area (Å²) in [5, 5.41) is 6.66. The second-order valence-electron chi connectivity index (χ2n) is 6.18. The lowest BCUT2D eigenvalue weighted by Gasteiger charge is -2.33. The van der Waals surface area contributed by atoms with E-state index in [0.717, 1.165) is 29.6 Å². The number of ether oxygens (including phenoxy) is 2. The number of rotatable bonds is 7. The van der Waals surface area contributed by atoms with Crippen molar-refractivity contribution in [2.75, 3.05) is 41.9 Å². The van der Waals surface area contributed by atoms with Gasteiger partial charge in [-0.2, -0.15) is 0 Å². The summed E-state index contributed by atoms with van der Waals surface area (Å²) in [6, 6.07) is 5.87. The Morgan fingerprint density at radius 3 is 2.25 bits per heavy atom. The van der Waals surface area contributed by atoms with E-state index in [9.17, 15) is 0 Å². The fourth-order valence-corrected chi connectivity index (χ4v) is 1.86. The molecule has 138 valence electrons. The molecule has 0 fully saturated rings. The SMILES string of the molecule is CN=C(NCc1ccc(OC)c(OC)c1)NCC(C)(C)N(C)C.I. The first-order chi connectivity index (χ1) is 10.8. The van der Waals surface area contributed by atoms with Gasteiger partial charge in [0.25, 0.3) is 0 Å². The van der Waals surface area contributed by atoms with Gasteiger partial charge < -0.3 is 25.0 Å². The fraction of sp³-hybridized carbons (Fsp3) is 0.588. The first-order valence-corrected chi connectivity index (χ1v) is 7.67. The number of guanidine groups is 1. The van der Waals surface area contributed by atoms with Crippen molar-refractivity contribution >= 4 is 29.9 Å². The van der Waals surface area contributed by atoms with Gasteiger partial charge >= 0.3 is 0 Å². The molecule has 1 aromatic rings. The summed E-state index contributed by atoms with van der Waals surface area (Å²) in [5.41, 5.74) is 1.14. The highest BCUT2D eigenvalue weighted by Crippen LogP contribution is 2.27. The molecule has 0 aromatic heterocycles. The van der Waals surface area contributed by atoms with Crippen molar-refractivity contribution in [2.24, 2.45) is 4.99 Å². The Morgan fingerprint density at radius 1 is 1.12 bits per heavy atom. The van der Waals surface area contributed by atoms with Crippen LogP contribution in [0.25, 0.3) is 0 Å². The number of hydrogen-bond acceptors (Lipinski definition) is 4. The molecule has 0 amide bonds. The minimum Gasteiger partial charge on any atom is -0.493 e. The molecule has 0 saturated carbocycles. The smallest absolute Gasteiger partial charge is 0.191 e. The Bertz CT molecular complexity index is 533. The molecule has 0 saturated heterocycles. The molecule has 0 bridgehead atoms. The summed E-state index contributed by atoms with van der Waals surface area (Å²) < 4.78 is 10.6. The van der Waals surface area contributed by atoms with E-state index in [0.29, 0.717) is 6.54 Å². The number of likely N-dealkylation sites (N-methyl/N-ethyl adjacent to an activating group) is 1. The van der Waals surface area contributed by atoms with Crippen LogP contribution in [0.3, 0.4) is 0 Å². The van der Waals surface area contributed by atoms with Crippen molar-refractivity contribution in [3.05, 3.63) is 23.8 Å². The number of nitrogens with one attached hydrogen (secondary N) is 2. The van der Waals surface area contributed by atoms with Crippen LogP contribution in [0.15, 0.2) is 23.2 Å². The summed E-state index contributed by atoms with van der Waals surface area (Å²) in [6.07, 6.45) is 0. The first-order valence-electron chi connectivity index (χ1n) is 7.67. The second kappa shape index (κ2) is 10.6. The van der Waals surface area contributed by atoms with Crippen molar-refractivity contribution in [1.82, 2.24) is 15.5 Å². The zero-order chi connectivity index (χ0) is 17.5. The molecule has 2 N–H and O–H groups in total. The van der Waals surface area contributed by atoms with Crippen molar-refractivity contribution in [2.45, 2.75) is 25.9 Å². The molecular formula is C17H31IN4O2. The van der Waals surface area contributed by atoms with Crippen LogP contribution in [0.2, 0.25) is 0 Å². The van der Waals surface area contributed by atoms with Crippen molar-refractivity contribution in [3.8, 4) is 11.5 Å². The van der Waals surface area contributed by atoms with E-state index in [2.05, 4.69) is 48.5 Å². The zero-order valence-corrected chi connectivity index (χ0v) is 18.1. The van der Waals surface area contributed by atoms with Crippen LogP contribution in [0.4, 0.5) is 0 Å². The van der Waals surface area contributed by atoms with E-state index in [4.69, 9.17) is 9.47 Å². The molecule has 1 rings (SSSR count). The highest BCUT2D eigenvalue weighted by molar-refractivity contribution is 14.0. The van der Waals surface area contributed by atoms with Gasteiger partial charge in [0, 0.05) is 25.7 Å². The van der Waals surface area contributed by atoms with E-state index >= 15 is 0 Å². The van der Waals surface area contributed by atoms with Gasteiger partial charge in [0.15, 0.2) is 17.5 Å². The predicted molar refractivity (Wildman–Crippen MR) is 111 cm³/mol. The standard InChI is InChI=1S/C17H30N4O2.HI/c1-17(2,21(4)5)12-20-16(18-3)19-11-13-8-9-14(22-6)15(10-13)23-7;/h8-10H,11-12H2,1-7H3,(H2,18,19,20);1H. The topological polar surface area (TPSA) is 58.1 Å². The molecule has 0 aliphatic heterocycles. The Labute approximate surface area is 163 Å². The van der Waals surface area contributed by atoms with E-state index in [1.165, 1.54) is 0 Å². The lowest BCUT2D eigenvalue weighted by atomic mass is 10.0. The Hall–Kier alpha value is -1.22. The van der Waals surface area contributed by atoms with E-state index in [1.54, 1.807) is 21.3 Å². The minimum atomic E-state index is 0. The molecule has 0 heterocycles. The fourth-order valence-electron chi connectivity index (χ4n) is 1.86. The molecular weight excluding hydrogens is 419 g/mol. The molecule has 0 atom stereocenters. The lowest BCUT2D eigenvalue weighted by Crippen LogP contribution is -2.50. The van der Waals surface area contributed by atoms with Crippen molar-refractivity contribution in [3.63, 3.8) is 0 Å². The maximum atomic E-state index is 5.32. The maximum Gasteiger partial charge on any atom is 0.191 e. The van der Waals surface area contributed by atoms with Crippen LogP contribution in [0.1, 0.15) is 19.4 Å². The summed E-state index contributed by atoms with van der Waals surface area (Å²) in [5.74, 6) is 2.23. The van der Waals surface area contributed by atoms with Crippen LogP contribution < -0.4 is 20.1 Å². The summed E-state index contributed by atoms with van der Waals surface area (Å²) in [4.78, 5) is 6.44. The third-order valence-electron chi connectivity index (χ3n) is 4.03. The average molecular weight is 450 g/mol. The first kappa shape index (κ1) is 22.8. The van der Waals surface area contributed by atoms with Gasteiger partial charge in [-0.05, 0) is 45.6 Å². The van der Waals surface area contributed by atoms with Crippen molar-refractivity contribution < 1.29 is 9.47 Å². The number of methoxy groups -OCH3 is 2. The van der Waals surface area contributed by atoms with E-state index in [1.807, 2.05) is 18.2 Å². The molecule has 0 spiro atoms. The molecule has 0 radical (unpaired) electrons. The van der Waals surface area contributed by atoms with E-state index < -0.39 is 0 Å². The van der Waals surface area contributed by atoms with Gasteiger partial charge in [0.05, 0.1) is 14.2 Å². The molecule has 1 aromatic carbocycles. The molecule has 0 aliphatic carbocycles. The minimum absolute atomic E-state index is 0. The predicted octanol–water partition coefficient (Wildman–Crippen LogP) is 2.33. The maximum absolute atomic E-state index is 5.32. The van der Waals surface area contributed by atoms with Crippen LogP contribution in [0, 0.1) is 0 Å². The molecule has 0 unspecified atom stereocenters. The summed E-state index contributed by atoms with van der Waals surface area (Å²) in [6.45, 7) is 5.82. The summed E-state index contributed by atoms with van der Waals surface area (Å²) in [7, 11) is 9.18. The third-order valence-corrected chi connectivity index (χ3v) is 4.03. The van der Waals surface area contributed by atoms with Gasteiger partial charge in [-0.1, -0.05) is 6.07 Å². The Balaban J connectivity index is 0.00000529. The van der Waals surface area contributed by atoms with Crippen LogP contribution in [0.5, 0.6) is 11.5 Å². The molecule has 7 heteroatoms. The summed E-state index contributed by atoms with van der Waals surface area (Å²) >= 11 is 0. The van der Waals surface area contributed by atoms with Gasteiger partial charge in [0.1, 0.15) is 0 Å². The number of hydrogen-bond donors (Lipinski definition) is 2. The average Bonchev–Trinajstić information content (AvgIpc) is 2.54. The lowest BCUT2D eigenvalue weighted by molar-refractivity contribution is 0.197. The number of aliphatic imine (C=N–C) groups is 1. The van der Waals surface area contributed by atoms with Crippen LogP contribution in [-0.4, -0.2) is 58.3 Å². The highest BCUT2D eigenvalue weighted by Gasteiger charge is 2.20. The monoisotopic (exact) mass is 450 g/mol. The van der Waals surface area contributed by atoms with Gasteiger partial charge in [-0.3, -0.25) is 4.99 Å². The van der Waals surface area contributed by atoms with Crippen LogP contribution >= 0.6 is 24.0 Å². The largest absolute Gasteiger partial charge is 0.493 e. The number of benzene rings is 1. The normalized spacial score (nSPS) is 11.8. The zero-order valence-electron chi connectivity index (χ0n) is 15.8. The molecule has 0 aliphatic rings. The third kappa shape index (κ3) is 6.72. The van der Waals surface area contributed by atoms with Gasteiger partial charge in [-0.15, -0.1) is 24.0 Å².